The zero-order chi connectivity index (χ0) is 10.9. The number of rotatable bonds is 2. The van der Waals surface area contributed by atoms with Crippen molar-refractivity contribution in [1.29, 1.82) is 0 Å². The van der Waals surface area contributed by atoms with Crippen LogP contribution in [0.5, 0.6) is 0 Å². The predicted octanol–water partition coefficient (Wildman–Crippen LogP) is 3.17. The second-order valence-electron chi connectivity index (χ2n) is 4.57. The van der Waals surface area contributed by atoms with Crippen molar-refractivity contribution in [2.24, 2.45) is 5.92 Å². The smallest absolute Gasteiger partial charge is 0.0896 e. The molecular weight excluding hydrogens is 172 g/mol. The third kappa shape index (κ3) is 1.83. The molecule has 0 amide bonds. The summed E-state index contributed by atoms with van der Waals surface area (Å²) < 4.78 is 0. The molecule has 1 rings (SSSR count). The maximum atomic E-state index is 10.4. The van der Waals surface area contributed by atoms with Gasteiger partial charge in [0.25, 0.3) is 0 Å². The zero-order valence-electron chi connectivity index (χ0n) is 9.76. The first-order chi connectivity index (χ1) is 6.37. The van der Waals surface area contributed by atoms with Crippen molar-refractivity contribution < 1.29 is 5.11 Å². The topological polar surface area (TPSA) is 20.2 Å². The standard InChI is InChI=1S/C13H20O/c1-9(2)13(5,14)12-10(3)7-6-8-11(12)4/h6-9,14H,1-5H3. The van der Waals surface area contributed by atoms with Crippen LogP contribution in [0.3, 0.4) is 0 Å². The van der Waals surface area contributed by atoms with Gasteiger partial charge in [0.05, 0.1) is 5.60 Å². The van der Waals surface area contributed by atoms with Crippen molar-refractivity contribution >= 4 is 0 Å². The summed E-state index contributed by atoms with van der Waals surface area (Å²) in [5.74, 6) is 0.224. The molecule has 1 aromatic rings. The lowest BCUT2D eigenvalue weighted by Crippen LogP contribution is -2.29. The van der Waals surface area contributed by atoms with E-state index in [9.17, 15) is 5.11 Å². The van der Waals surface area contributed by atoms with E-state index < -0.39 is 5.60 Å². The molecule has 1 nitrogen and oxygen atoms in total. The van der Waals surface area contributed by atoms with Crippen molar-refractivity contribution in [2.45, 2.75) is 40.2 Å². The molecule has 0 bridgehead atoms. The molecule has 0 aliphatic heterocycles. The van der Waals surface area contributed by atoms with Gasteiger partial charge in [0.2, 0.25) is 0 Å². The summed E-state index contributed by atoms with van der Waals surface area (Å²) in [4.78, 5) is 0. The lowest BCUT2D eigenvalue weighted by atomic mass is 9.80. The monoisotopic (exact) mass is 192 g/mol. The molecule has 0 aromatic heterocycles. The summed E-state index contributed by atoms with van der Waals surface area (Å²) in [5.41, 5.74) is 2.69. The molecule has 1 aromatic carbocycles. The molecule has 0 aliphatic rings. The maximum absolute atomic E-state index is 10.4. The van der Waals surface area contributed by atoms with Crippen LogP contribution in [0.1, 0.15) is 37.5 Å². The predicted molar refractivity (Wildman–Crippen MR) is 60.3 cm³/mol. The van der Waals surface area contributed by atoms with Crippen LogP contribution in [-0.2, 0) is 5.60 Å². The van der Waals surface area contributed by atoms with Gasteiger partial charge in [0, 0.05) is 0 Å². The second-order valence-corrected chi connectivity index (χ2v) is 4.57. The van der Waals surface area contributed by atoms with Gasteiger partial charge in [0.1, 0.15) is 0 Å². The van der Waals surface area contributed by atoms with Crippen molar-refractivity contribution in [2.75, 3.05) is 0 Å². The van der Waals surface area contributed by atoms with Crippen molar-refractivity contribution in [1.82, 2.24) is 0 Å². The molecule has 1 unspecified atom stereocenters. The first kappa shape index (κ1) is 11.3. The van der Waals surface area contributed by atoms with Crippen LogP contribution >= 0.6 is 0 Å². The quantitative estimate of drug-likeness (QED) is 0.763. The number of aliphatic hydroxyl groups is 1. The lowest BCUT2D eigenvalue weighted by molar-refractivity contribution is 0.00789. The molecule has 1 heteroatoms. The Balaban J connectivity index is 3.31. The minimum absolute atomic E-state index is 0.224. The number of hydrogen-bond acceptors (Lipinski definition) is 1. The minimum Gasteiger partial charge on any atom is -0.385 e. The van der Waals surface area contributed by atoms with Crippen LogP contribution < -0.4 is 0 Å². The Bertz CT molecular complexity index is 304. The van der Waals surface area contributed by atoms with Crippen LogP contribution in [-0.4, -0.2) is 5.11 Å². The summed E-state index contributed by atoms with van der Waals surface area (Å²) in [6.45, 7) is 10.1. The molecule has 1 atom stereocenters. The van der Waals surface area contributed by atoms with E-state index >= 15 is 0 Å². The molecule has 0 fully saturated rings. The summed E-state index contributed by atoms with van der Waals surface area (Å²) in [6.07, 6.45) is 0. The first-order valence-corrected chi connectivity index (χ1v) is 5.16. The maximum Gasteiger partial charge on any atom is 0.0896 e. The first-order valence-electron chi connectivity index (χ1n) is 5.16. The van der Waals surface area contributed by atoms with E-state index in [1.807, 2.05) is 26.8 Å². The molecule has 0 radical (unpaired) electrons. The summed E-state index contributed by atoms with van der Waals surface area (Å²) in [6, 6.07) is 6.14. The van der Waals surface area contributed by atoms with Crippen LogP contribution in [0.2, 0.25) is 0 Å². The van der Waals surface area contributed by atoms with E-state index in [1.54, 1.807) is 0 Å². The number of hydrogen-bond donors (Lipinski definition) is 1. The fourth-order valence-corrected chi connectivity index (χ4v) is 1.90. The van der Waals surface area contributed by atoms with Gasteiger partial charge in [-0.15, -0.1) is 0 Å². The Morgan fingerprint density at radius 3 is 1.93 bits per heavy atom. The normalized spacial score (nSPS) is 15.6. The van der Waals surface area contributed by atoms with E-state index in [4.69, 9.17) is 0 Å². The SMILES string of the molecule is Cc1cccc(C)c1C(C)(O)C(C)C. The summed E-state index contributed by atoms with van der Waals surface area (Å²) >= 11 is 0. The summed E-state index contributed by atoms with van der Waals surface area (Å²) in [5, 5.41) is 10.4. The highest BCUT2D eigenvalue weighted by Crippen LogP contribution is 2.33. The molecule has 78 valence electrons. The van der Waals surface area contributed by atoms with Crippen molar-refractivity contribution in [3.8, 4) is 0 Å². The van der Waals surface area contributed by atoms with Gasteiger partial charge in [-0.05, 0) is 43.4 Å². The third-order valence-electron chi connectivity index (χ3n) is 3.11. The zero-order valence-corrected chi connectivity index (χ0v) is 9.76. The van der Waals surface area contributed by atoms with Crippen LogP contribution in [0.4, 0.5) is 0 Å². The van der Waals surface area contributed by atoms with Gasteiger partial charge < -0.3 is 5.11 Å². The Kier molecular flexibility index (Phi) is 3.01. The van der Waals surface area contributed by atoms with Gasteiger partial charge in [-0.2, -0.15) is 0 Å². The Labute approximate surface area is 86.8 Å². The van der Waals surface area contributed by atoms with E-state index in [0.717, 1.165) is 5.56 Å². The highest BCUT2D eigenvalue weighted by molar-refractivity contribution is 5.38. The average molecular weight is 192 g/mol. The molecule has 0 saturated carbocycles. The third-order valence-corrected chi connectivity index (χ3v) is 3.11. The van der Waals surface area contributed by atoms with E-state index in [1.165, 1.54) is 11.1 Å². The Morgan fingerprint density at radius 1 is 1.14 bits per heavy atom. The highest BCUT2D eigenvalue weighted by Gasteiger charge is 2.29. The second kappa shape index (κ2) is 3.74. The molecule has 0 spiro atoms. The highest BCUT2D eigenvalue weighted by atomic mass is 16.3. The van der Waals surface area contributed by atoms with Gasteiger partial charge in [0.15, 0.2) is 0 Å². The van der Waals surface area contributed by atoms with Gasteiger partial charge in [-0.25, -0.2) is 0 Å². The molecule has 0 aliphatic carbocycles. The largest absolute Gasteiger partial charge is 0.385 e. The van der Waals surface area contributed by atoms with Gasteiger partial charge in [-0.3, -0.25) is 0 Å². The van der Waals surface area contributed by atoms with Crippen LogP contribution in [0, 0.1) is 19.8 Å². The van der Waals surface area contributed by atoms with Crippen molar-refractivity contribution in [3.05, 3.63) is 34.9 Å². The molecule has 1 N–H and O–H groups in total. The van der Waals surface area contributed by atoms with Gasteiger partial charge >= 0.3 is 0 Å². The van der Waals surface area contributed by atoms with Crippen LogP contribution in [0.25, 0.3) is 0 Å². The van der Waals surface area contributed by atoms with Gasteiger partial charge in [-0.1, -0.05) is 32.0 Å². The molecule has 0 saturated heterocycles. The van der Waals surface area contributed by atoms with E-state index in [2.05, 4.69) is 26.0 Å². The minimum atomic E-state index is -0.727. The summed E-state index contributed by atoms with van der Waals surface area (Å²) in [7, 11) is 0. The number of benzene rings is 1. The molecule has 0 heterocycles. The fraction of sp³-hybridized carbons (Fsp3) is 0.538. The van der Waals surface area contributed by atoms with E-state index in [0.29, 0.717) is 0 Å². The fourth-order valence-electron chi connectivity index (χ4n) is 1.90. The Morgan fingerprint density at radius 2 is 1.57 bits per heavy atom. The molecular formula is C13H20O. The van der Waals surface area contributed by atoms with Crippen molar-refractivity contribution in [3.63, 3.8) is 0 Å². The molecule has 14 heavy (non-hydrogen) atoms. The van der Waals surface area contributed by atoms with Crippen LogP contribution in [0.15, 0.2) is 18.2 Å². The lowest BCUT2D eigenvalue weighted by Gasteiger charge is -2.31. The Hall–Kier alpha value is -0.820. The average Bonchev–Trinajstić information content (AvgIpc) is 2.02. The number of aryl methyl sites for hydroxylation is 2. The van der Waals surface area contributed by atoms with E-state index in [-0.39, 0.29) is 5.92 Å².